The van der Waals surface area contributed by atoms with Crippen molar-refractivity contribution >= 4 is 33.5 Å². The summed E-state index contributed by atoms with van der Waals surface area (Å²) < 4.78 is 1.03. The number of aromatic nitrogens is 1. The van der Waals surface area contributed by atoms with Crippen molar-refractivity contribution in [1.82, 2.24) is 4.98 Å². The highest BCUT2D eigenvalue weighted by molar-refractivity contribution is 9.10. The normalized spacial score (nSPS) is 10.3. The van der Waals surface area contributed by atoms with Crippen molar-refractivity contribution in [3.8, 4) is 0 Å². The SMILES string of the molecule is Cc1cc(C(=N)N)cc(Sc2cccc(Br)c2)n1. The highest BCUT2D eigenvalue weighted by Gasteiger charge is 2.05. The second-order valence-electron chi connectivity index (χ2n) is 3.81. The second kappa shape index (κ2) is 5.54. The van der Waals surface area contributed by atoms with Crippen molar-refractivity contribution in [1.29, 1.82) is 5.41 Å². The fourth-order valence-corrected chi connectivity index (χ4v) is 3.00. The fraction of sp³-hybridized carbons (Fsp3) is 0.0769. The van der Waals surface area contributed by atoms with E-state index in [9.17, 15) is 0 Å². The van der Waals surface area contributed by atoms with E-state index < -0.39 is 0 Å². The molecule has 3 nitrogen and oxygen atoms in total. The van der Waals surface area contributed by atoms with Crippen LogP contribution < -0.4 is 5.73 Å². The summed E-state index contributed by atoms with van der Waals surface area (Å²) in [5, 5.41) is 8.32. The number of nitrogen functional groups attached to an aromatic ring is 1. The summed E-state index contributed by atoms with van der Waals surface area (Å²) in [5.74, 6) is 0.0663. The van der Waals surface area contributed by atoms with Crippen molar-refractivity contribution in [3.05, 3.63) is 52.1 Å². The lowest BCUT2D eigenvalue weighted by Gasteiger charge is -2.05. The van der Waals surface area contributed by atoms with E-state index in [0.717, 1.165) is 20.1 Å². The molecule has 0 aliphatic rings. The maximum absolute atomic E-state index is 7.48. The standard InChI is InChI=1S/C13H12BrN3S/c1-8-5-9(13(15)16)6-12(17-8)18-11-4-2-3-10(14)7-11/h2-7H,1H3,(H3,15,16). The van der Waals surface area contributed by atoms with Gasteiger partial charge in [0.25, 0.3) is 0 Å². The first kappa shape index (κ1) is 13.1. The Bertz CT molecular complexity index is 599. The van der Waals surface area contributed by atoms with Gasteiger partial charge in [0.2, 0.25) is 0 Å². The number of nitrogens with zero attached hydrogens (tertiary/aromatic N) is 1. The van der Waals surface area contributed by atoms with Crippen LogP contribution in [0.5, 0.6) is 0 Å². The number of hydrogen-bond acceptors (Lipinski definition) is 3. The lowest BCUT2D eigenvalue weighted by Crippen LogP contribution is -2.11. The summed E-state index contributed by atoms with van der Waals surface area (Å²) >= 11 is 4.99. The average molecular weight is 322 g/mol. The minimum Gasteiger partial charge on any atom is -0.384 e. The predicted molar refractivity (Wildman–Crippen MR) is 78.3 cm³/mol. The van der Waals surface area contributed by atoms with E-state index in [0.29, 0.717) is 5.56 Å². The van der Waals surface area contributed by atoms with Crippen LogP contribution in [0.4, 0.5) is 0 Å². The molecule has 0 amide bonds. The summed E-state index contributed by atoms with van der Waals surface area (Å²) in [7, 11) is 0. The molecule has 1 aromatic heterocycles. The van der Waals surface area contributed by atoms with Crippen LogP contribution in [-0.2, 0) is 0 Å². The molecule has 0 fully saturated rings. The van der Waals surface area contributed by atoms with Gasteiger partial charge < -0.3 is 5.73 Å². The van der Waals surface area contributed by atoms with Gasteiger partial charge in [-0.05, 0) is 37.3 Å². The van der Waals surface area contributed by atoms with Crippen LogP contribution in [0, 0.1) is 12.3 Å². The van der Waals surface area contributed by atoms with Gasteiger partial charge in [0, 0.05) is 20.6 Å². The fourth-order valence-electron chi connectivity index (χ4n) is 1.50. The monoisotopic (exact) mass is 321 g/mol. The number of nitrogens with two attached hydrogens (primary N) is 1. The maximum atomic E-state index is 7.48. The molecule has 2 aromatic rings. The molecule has 18 heavy (non-hydrogen) atoms. The van der Waals surface area contributed by atoms with Gasteiger partial charge in [-0.3, -0.25) is 5.41 Å². The van der Waals surface area contributed by atoms with E-state index in [2.05, 4.69) is 20.9 Å². The summed E-state index contributed by atoms with van der Waals surface area (Å²) in [6.07, 6.45) is 0. The van der Waals surface area contributed by atoms with E-state index >= 15 is 0 Å². The van der Waals surface area contributed by atoms with E-state index in [1.165, 1.54) is 0 Å². The van der Waals surface area contributed by atoms with Crippen molar-refractivity contribution in [2.24, 2.45) is 5.73 Å². The van der Waals surface area contributed by atoms with Crippen LogP contribution in [0.25, 0.3) is 0 Å². The molecule has 2 rings (SSSR count). The summed E-state index contributed by atoms with van der Waals surface area (Å²) in [6, 6.07) is 11.7. The lowest BCUT2D eigenvalue weighted by atomic mass is 10.2. The zero-order valence-corrected chi connectivity index (χ0v) is 12.2. The highest BCUT2D eigenvalue weighted by atomic mass is 79.9. The molecular weight excluding hydrogens is 310 g/mol. The minimum absolute atomic E-state index is 0.0663. The molecule has 0 atom stereocenters. The van der Waals surface area contributed by atoms with Crippen LogP contribution in [0.1, 0.15) is 11.3 Å². The molecule has 3 N–H and O–H groups in total. The molecule has 0 spiro atoms. The average Bonchev–Trinajstić information content (AvgIpc) is 2.28. The molecule has 92 valence electrons. The first-order chi connectivity index (χ1) is 8.54. The van der Waals surface area contributed by atoms with Gasteiger partial charge in [-0.15, -0.1) is 0 Å². The Labute approximate surface area is 118 Å². The van der Waals surface area contributed by atoms with Gasteiger partial charge in [0.05, 0.1) is 0 Å². The molecule has 1 heterocycles. The third-order valence-electron chi connectivity index (χ3n) is 2.26. The number of halogens is 1. The largest absolute Gasteiger partial charge is 0.384 e. The summed E-state index contributed by atoms with van der Waals surface area (Å²) in [4.78, 5) is 5.53. The van der Waals surface area contributed by atoms with Crippen LogP contribution in [0.2, 0.25) is 0 Å². The molecule has 1 aromatic carbocycles. The van der Waals surface area contributed by atoms with Gasteiger partial charge in [-0.2, -0.15) is 0 Å². The van der Waals surface area contributed by atoms with Gasteiger partial charge in [-0.1, -0.05) is 33.8 Å². The number of pyridine rings is 1. The molecule has 0 saturated carbocycles. The van der Waals surface area contributed by atoms with Crippen LogP contribution in [0.15, 0.2) is 50.8 Å². The molecule has 0 aliphatic heterocycles. The molecule has 0 unspecified atom stereocenters. The van der Waals surface area contributed by atoms with E-state index in [1.54, 1.807) is 11.8 Å². The number of hydrogen-bond donors (Lipinski definition) is 2. The van der Waals surface area contributed by atoms with Crippen molar-refractivity contribution in [3.63, 3.8) is 0 Å². The molecule has 0 radical (unpaired) electrons. The number of rotatable bonds is 3. The highest BCUT2D eigenvalue weighted by Crippen LogP contribution is 2.28. The smallest absolute Gasteiger partial charge is 0.122 e. The number of benzene rings is 1. The molecule has 0 bridgehead atoms. The van der Waals surface area contributed by atoms with Crippen molar-refractivity contribution in [2.75, 3.05) is 0 Å². The Morgan fingerprint density at radius 3 is 2.78 bits per heavy atom. The quantitative estimate of drug-likeness (QED) is 0.670. The Hall–Kier alpha value is -1.33. The third-order valence-corrected chi connectivity index (χ3v) is 3.66. The third kappa shape index (κ3) is 3.34. The Morgan fingerprint density at radius 1 is 1.33 bits per heavy atom. The van der Waals surface area contributed by atoms with Crippen LogP contribution >= 0.6 is 27.7 Å². The summed E-state index contributed by atoms with van der Waals surface area (Å²) in [6.45, 7) is 1.90. The zero-order chi connectivity index (χ0) is 13.1. The number of amidine groups is 1. The molecule has 5 heteroatoms. The second-order valence-corrected chi connectivity index (χ2v) is 5.82. The Morgan fingerprint density at radius 2 is 2.11 bits per heavy atom. The summed E-state index contributed by atoms with van der Waals surface area (Å²) in [5.41, 5.74) is 7.08. The molecule has 0 saturated heterocycles. The van der Waals surface area contributed by atoms with Crippen LogP contribution in [-0.4, -0.2) is 10.8 Å². The lowest BCUT2D eigenvalue weighted by molar-refractivity contribution is 1.06. The molecular formula is C13H12BrN3S. The van der Waals surface area contributed by atoms with Gasteiger partial charge in [-0.25, -0.2) is 4.98 Å². The Balaban J connectivity index is 2.31. The minimum atomic E-state index is 0.0663. The topological polar surface area (TPSA) is 62.8 Å². The first-order valence-electron chi connectivity index (χ1n) is 5.31. The van der Waals surface area contributed by atoms with Gasteiger partial charge in [0.15, 0.2) is 0 Å². The van der Waals surface area contributed by atoms with Crippen LogP contribution in [0.3, 0.4) is 0 Å². The predicted octanol–water partition coefficient (Wildman–Crippen LogP) is 3.59. The zero-order valence-electron chi connectivity index (χ0n) is 9.77. The number of nitrogens with one attached hydrogen (secondary N) is 1. The van der Waals surface area contributed by atoms with Crippen molar-refractivity contribution in [2.45, 2.75) is 16.8 Å². The van der Waals surface area contributed by atoms with E-state index in [-0.39, 0.29) is 5.84 Å². The van der Waals surface area contributed by atoms with E-state index in [1.807, 2.05) is 43.3 Å². The van der Waals surface area contributed by atoms with Gasteiger partial charge in [0.1, 0.15) is 10.9 Å². The maximum Gasteiger partial charge on any atom is 0.122 e. The van der Waals surface area contributed by atoms with Crippen molar-refractivity contribution < 1.29 is 0 Å². The first-order valence-corrected chi connectivity index (χ1v) is 6.92. The van der Waals surface area contributed by atoms with Gasteiger partial charge >= 0.3 is 0 Å². The van der Waals surface area contributed by atoms with E-state index in [4.69, 9.17) is 11.1 Å². The Kier molecular flexibility index (Phi) is 4.04. The molecule has 0 aliphatic carbocycles. The number of aryl methyl sites for hydroxylation is 1.